The van der Waals surface area contributed by atoms with Crippen molar-refractivity contribution in [3.63, 3.8) is 0 Å². The van der Waals surface area contributed by atoms with Crippen molar-refractivity contribution in [1.82, 2.24) is 10.2 Å². The van der Waals surface area contributed by atoms with Gasteiger partial charge in [0.2, 0.25) is 5.75 Å². The second-order valence-electron chi connectivity index (χ2n) is 6.15. The van der Waals surface area contributed by atoms with Gasteiger partial charge in [0.25, 0.3) is 0 Å². The summed E-state index contributed by atoms with van der Waals surface area (Å²) in [6.07, 6.45) is 0. The van der Waals surface area contributed by atoms with Gasteiger partial charge in [-0.2, -0.15) is 0 Å². The van der Waals surface area contributed by atoms with Crippen LogP contribution in [-0.4, -0.2) is 45.8 Å². The molecule has 0 saturated carbocycles. The molecule has 0 bridgehead atoms. The minimum atomic E-state index is -0.243. The number of hydrogen-bond donors (Lipinski definition) is 1. The van der Waals surface area contributed by atoms with Crippen molar-refractivity contribution in [2.45, 2.75) is 20.0 Å². The van der Waals surface area contributed by atoms with Crippen LogP contribution in [0.5, 0.6) is 17.2 Å². The molecule has 152 valence electrons. The molecule has 0 aliphatic heterocycles. The Balaban J connectivity index is 2.23. The maximum absolute atomic E-state index is 13.1. The molecule has 0 saturated heterocycles. The van der Waals surface area contributed by atoms with Crippen LogP contribution in [0.2, 0.25) is 0 Å². The first kappa shape index (κ1) is 21.3. The van der Waals surface area contributed by atoms with Gasteiger partial charge in [0.05, 0.1) is 27.9 Å². The zero-order valence-corrected chi connectivity index (χ0v) is 17.1. The lowest BCUT2D eigenvalue weighted by Gasteiger charge is -2.22. The topological polar surface area (TPSA) is 55.3 Å². The molecule has 0 amide bonds. The normalized spacial score (nSPS) is 11.1. The fraction of sp³-hybridized carbons (Fsp3) is 0.381. The van der Waals surface area contributed by atoms with E-state index >= 15 is 0 Å². The predicted molar refractivity (Wildman–Crippen MR) is 109 cm³/mol. The maximum atomic E-state index is 13.1. The molecule has 0 fully saturated rings. The highest BCUT2D eigenvalue weighted by Crippen LogP contribution is 2.39. The smallest absolute Gasteiger partial charge is 0.203 e. The summed E-state index contributed by atoms with van der Waals surface area (Å²) in [6, 6.07) is 10.2. The van der Waals surface area contributed by atoms with Crippen LogP contribution >= 0.6 is 0 Å². The van der Waals surface area contributed by atoms with Crippen LogP contribution in [0.3, 0.4) is 0 Å². The van der Waals surface area contributed by atoms with Crippen LogP contribution in [0.15, 0.2) is 41.4 Å². The van der Waals surface area contributed by atoms with Gasteiger partial charge < -0.3 is 24.4 Å². The Morgan fingerprint density at radius 2 is 1.68 bits per heavy atom. The Kier molecular flexibility index (Phi) is 7.92. The van der Waals surface area contributed by atoms with Gasteiger partial charge in [-0.3, -0.25) is 0 Å². The van der Waals surface area contributed by atoms with Crippen molar-refractivity contribution >= 4 is 5.96 Å². The largest absolute Gasteiger partial charge is 0.493 e. The van der Waals surface area contributed by atoms with Crippen molar-refractivity contribution in [3.8, 4) is 17.2 Å². The molecule has 0 unspecified atom stereocenters. The standard InChI is InChI=1S/C21H28FN3O3/c1-6-23-21(25(2)14-15-7-10-17(22)11-8-15)24-13-16-9-12-18(26-3)20(28-5)19(16)27-4/h7-12H,6,13-14H2,1-5H3,(H,23,24). The van der Waals surface area contributed by atoms with Gasteiger partial charge in [-0.15, -0.1) is 0 Å². The Morgan fingerprint density at radius 1 is 1.00 bits per heavy atom. The predicted octanol–water partition coefficient (Wildman–Crippen LogP) is 3.45. The first-order valence-corrected chi connectivity index (χ1v) is 9.05. The number of halogens is 1. The summed E-state index contributed by atoms with van der Waals surface area (Å²) in [7, 11) is 6.70. The molecule has 0 heterocycles. The molecule has 0 aliphatic carbocycles. The summed E-state index contributed by atoms with van der Waals surface area (Å²) >= 11 is 0. The Bertz CT molecular complexity index is 794. The fourth-order valence-electron chi connectivity index (χ4n) is 2.86. The van der Waals surface area contributed by atoms with Crippen LogP contribution in [0.1, 0.15) is 18.1 Å². The molecule has 0 radical (unpaired) electrons. The van der Waals surface area contributed by atoms with Gasteiger partial charge in [0, 0.05) is 25.7 Å². The van der Waals surface area contributed by atoms with Gasteiger partial charge in [-0.05, 0) is 36.8 Å². The van der Waals surface area contributed by atoms with E-state index in [9.17, 15) is 4.39 Å². The van der Waals surface area contributed by atoms with Crippen LogP contribution in [0.4, 0.5) is 4.39 Å². The average molecular weight is 389 g/mol. The quantitative estimate of drug-likeness (QED) is 0.554. The van der Waals surface area contributed by atoms with Crippen LogP contribution in [-0.2, 0) is 13.1 Å². The Morgan fingerprint density at radius 3 is 2.25 bits per heavy atom. The van der Waals surface area contributed by atoms with Crippen LogP contribution in [0.25, 0.3) is 0 Å². The van der Waals surface area contributed by atoms with Gasteiger partial charge in [-0.25, -0.2) is 9.38 Å². The Hall–Kier alpha value is -2.96. The van der Waals surface area contributed by atoms with E-state index in [4.69, 9.17) is 19.2 Å². The molecule has 0 atom stereocenters. The second-order valence-corrected chi connectivity index (χ2v) is 6.15. The number of hydrogen-bond acceptors (Lipinski definition) is 4. The summed E-state index contributed by atoms with van der Waals surface area (Å²) < 4.78 is 29.4. The average Bonchev–Trinajstić information content (AvgIpc) is 2.71. The van der Waals surface area contributed by atoms with E-state index in [0.717, 1.165) is 23.6 Å². The van der Waals surface area contributed by atoms with E-state index in [0.29, 0.717) is 30.3 Å². The lowest BCUT2D eigenvalue weighted by atomic mass is 10.1. The van der Waals surface area contributed by atoms with Crippen LogP contribution < -0.4 is 19.5 Å². The third-order valence-electron chi connectivity index (χ3n) is 4.21. The third kappa shape index (κ3) is 5.28. The molecule has 0 aromatic heterocycles. The van der Waals surface area contributed by atoms with E-state index in [1.807, 2.05) is 31.0 Å². The molecule has 2 rings (SSSR count). The summed E-state index contributed by atoms with van der Waals surface area (Å²) in [5.41, 5.74) is 1.88. The molecular formula is C21H28FN3O3. The van der Waals surface area contributed by atoms with Crippen LogP contribution in [0, 0.1) is 5.82 Å². The van der Waals surface area contributed by atoms with Gasteiger partial charge >= 0.3 is 0 Å². The van der Waals surface area contributed by atoms with Crippen molar-refractivity contribution in [3.05, 3.63) is 53.3 Å². The molecule has 28 heavy (non-hydrogen) atoms. The SMILES string of the molecule is CCNC(=NCc1ccc(OC)c(OC)c1OC)N(C)Cc1ccc(F)cc1. The Labute approximate surface area is 165 Å². The molecule has 2 aromatic carbocycles. The molecule has 1 N–H and O–H groups in total. The maximum Gasteiger partial charge on any atom is 0.203 e. The summed E-state index contributed by atoms with van der Waals surface area (Å²) in [4.78, 5) is 6.71. The van der Waals surface area contributed by atoms with Crippen molar-refractivity contribution in [1.29, 1.82) is 0 Å². The molecular weight excluding hydrogens is 361 g/mol. The lowest BCUT2D eigenvalue weighted by Crippen LogP contribution is -2.38. The first-order valence-electron chi connectivity index (χ1n) is 9.05. The number of rotatable bonds is 8. The van der Waals surface area contributed by atoms with Gasteiger partial charge in [-0.1, -0.05) is 12.1 Å². The number of aliphatic imine (C=N–C) groups is 1. The number of ether oxygens (including phenoxy) is 3. The van der Waals surface area contributed by atoms with E-state index in [2.05, 4.69) is 5.32 Å². The third-order valence-corrected chi connectivity index (χ3v) is 4.21. The highest BCUT2D eigenvalue weighted by molar-refractivity contribution is 5.79. The van der Waals surface area contributed by atoms with Crippen molar-refractivity contribution < 1.29 is 18.6 Å². The molecule has 7 heteroatoms. The minimum Gasteiger partial charge on any atom is -0.493 e. The van der Waals surface area contributed by atoms with E-state index in [1.54, 1.807) is 33.5 Å². The highest BCUT2D eigenvalue weighted by Gasteiger charge is 2.16. The highest BCUT2D eigenvalue weighted by atomic mass is 19.1. The van der Waals surface area contributed by atoms with Gasteiger partial charge in [0.1, 0.15) is 5.82 Å². The zero-order chi connectivity index (χ0) is 20.5. The number of benzene rings is 2. The van der Waals surface area contributed by atoms with E-state index in [1.165, 1.54) is 12.1 Å². The number of methoxy groups -OCH3 is 3. The van der Waals surface area contributed by atoms with E-state index in [-0.39, 0.29) is 5.82 Å². The number of guanidine groups is 1. The fourth-order valence-corrected chi connectivity index (χ4v) is 2.86. The minimum absolute atomic E-state index is 0.243. The molecule has 6 nitrogen and oxygen atoms in total. The molecule has 0 spiro atoms. The van der Waals surface area contributed by atoms with Crippen molar-refractivity contribution in [2.24, 2.45) is 4.99 Å². The van der Waals surface area contributed by atoms with Crippen molar-refractivity contribution in [2.75, 3.05) is 34.9 Å². The first-order chi connectivity index (χ1) is 13.5. The summed E-state index contributed by atoms with van der Waals surface area (Å²) in [6.45, 7) is 3.75. The summed E-state index contributed by atoms with van der Waals surface area (Å²) in [5.74, 6) is 2.24. The lowest BCUT2D eigenvalue weighted by molar-refractivity contribution is 0.322. The monoisotopic (exact) mass is 389 g/mol. The number of nitrogens with zero attached hydrogens (tertiary/aromatic N) is 2. The van der Waals surface area contributed by atoms with Gasteiger partial charge in [0.15, 0.2) is 17.5 Å². The van der Waals surface area contributed by atoms with E-state index < -0.39 is 0 Å². The number of nitrogens with one attached hydrogen (secondary N) is 1. The summed E-state index contributed by atoms with van der Waals surface area (Å²) in [5, 5.41) is 3.28. The molecule has 2 aromatic rings. The second kappa shape index (κ2) is 10.4. The molecule has 0 aliphatic rings. The zero-order valence-electron chi connectivity index (χ0n) is 17.1.